The van der Waals surface area contributed by atoms with E-state index >= 15 is 0 Å². The number of nitrogens with zero attached hydrogens (tertiary/aromatic N) is 1. The van der Waals surface area contributed by atoms with Crippen LogP contribution in [0.1, 0.15) is 37.7 Å². The lowest BCUT2D eigenvalue weighted by molar-refractivity contribution is -0.117. The van der Waals surface area contributed by atoms with Crippen LogP contribution in [0.25, 0.3) is 0 Å². The number of rotatable bonds is 3. The first-order valence-electron chi connectivity index (χ1n) is 7.44. The summed E-state index contributed by atoms with van der Waals surface area (Å²) in [6.07, 6.45) is 6.30. The number of hydrogen-bond donors (Lipinski definition) is 1. The molecule has 1 aliphatic heterocycles. The molecular formula is C16H23ClN2O. The van der Waals surface area contributed by atoms with Crippen LogP contribution in [0.2, 0.25) is 5.02 Å². The Bertz CT molecular complexity index is 454. The van der Waals surface area contributed by atoms with Crippen LogP contribution < -0.4 is 5.32 Å². The van der Waals surface area contributed by atoms with Crippen LogP contribution in [0.15, 0.2) is 18.2 Å². The van der Waals surface area contributed by atoms with E-state index in [1.807, 2.05) is 25.1 Å². The Morgan fingerprint density at radius 2 is 1.85 bits per heavy atom. The molecule has 0 unspecified atom stereocenters. The lowest BCUT2D eigenvalue weighted by Gasteiger charge is -2.24. The van der Waals surface area contributed by atoms with Crippen molar-refractivity contribution in [1.82, 2.24) is 4.90 Å². The molecule has 0 aliphatic carbocycles. The molecule has 1 aromatic carbocycles. The average molecular weight is 295 g/mol. The third-order valence-electron chi connectivity index (χ3n) is 3.86. The lowest BCUT2D eigenvalue weighted by Crippen LogP contribution is -2.35. The summed E-state index contributed by atoms with van der Waals surface area (Å²) < 4.78 is 0. The number of nitrogens with one attached hydrogen (secondary N) is 1. The third-order valence-corrected chi connectivity index (χ3v) is 4.27. The molecule has 1 amide bonds. The van der Waals surface area contributed by atoms with E-state index < -0.39 is 0 Å². The molecule has 1 aromatic rings. The maximum atomic E-state index is 12.1. The Kier molecular flexibility index (Phi) is 5.86. The Morgan fingerprint density at radius 1 is 1.20 bits per heavy atom. The van der Waals surface area contributed by atoms with Gasteiger partial charge in [-0.3, -0.25) is 9.69 Å². The van der Waals surface area contributed by atoms with Crippen molar-refractivity contribution in [1.29, 1.82) is 0 Å². The van der Waals surface area contributed by atoms with Crippen LogP contribution in [-0.4, -0.2) is 30.4 Å². The van der Waals surface area contributed by atoms with Gasteiger partial charge in [0.1, 0.15) is 0 Å². The zero-order valence-corrected chi connectivity index (χ0v) is 12.9. The molecule has 1 aliphatic rings. The number of halogens is 1. The van der Waals surface area contributed by atoms with E-state index in [1.54, 1.807) is 0 Å². The number of carbonyl (C=O) groups excluding carboxylic acids is 1. The summed E-state index contributed by atoms with van der Waals surface area (Å²) in [6, 6.07) is 5.60. The van der Waals surface area contributed by atoms with Crippen LogP contribution >= 0.6 is 11.6 Å². The highest BCUT2D eigenvalue weighted by Gasteiger charge is 2.13. The molecule has 3 nitrogen and oxygen atoms in total. The van der Waals surface area contributed by atoms with E-state index in [2.05, 4.69) is 10.2 Å². The zero-order chi connectivity index (χ0) is 14.4. The van der Waals surface area contributed by atoms with E-state index in [-0.39, 0.29) is 5.91 Å². The minimum absolute atomic E-state index is 0.0518. The van der Waals surface area contributed by atoms with Gasteiger partial charge in [-0.25, -0.2) is 0 Å². The first-order chi connectivity index (χ1) is 9.66. The maximum absolute atomic E-state index is 12.1. The Morgan fingerprint density at radius 3 is 2.55 bits per heavy atom. The fourth-order valence-corrected chi connectivity index (χ4v) is 2.78. The number of likely N-dealkylation sites (tertiary alicyclic amines) is 1. The van der Waals surface area contributed by atoms with Crippen LogP contribution in [0.5, 0.6) is 0 Å². The number of amides is 1. The minimum Gasteiger partial charge on any atom is -0.325 e. The second-order valence-corrected chi connectivity index (χ2v) is 5.91. The van der Waals surface area contributed by atoms with Crippen molar-refractivity contribution in [3.05, 3.63) is 28.8 Å². The molecule has 0 bridgehead atoms. The van der Waals surface area contributed by atoms with Gasteiger partial charge in [-0.05, 0) is 50.6 Å². The van der Waals surface area contributed by atoms with Crippen LogP contribution in [0.4, 0.5) is 5.69 Å². The number of benzene rings is 1. The van der Waals surface area contributed by atoms with Crippen molar-refractivity contribution in [3.63, 3.8) is 0 Å². The standard InChI is InChI=1S/C16H23ClN2O/c1-13-14(17)8-7-9-15(13)18-16(20)12-19-10-5-3-2-4-6-11-19/h7-9H,2-6,10-12H2,1H3,(H,18,20). The molecule has 0 radical (unpaired) electrons. The van der Waals surface area contributed by atoms with Gasteiger partial charge in [0, 0.05) is 10.7 Å². The second-order valence-electron chi connectivity index (χ2n) is 5.50. The molecule has 1 saturated heterocycles. The smallest absolute Gasteiger partial charge is 0.238 e. The van der Waals surface area contributed by atoms with E-state index in [1.165, 1.54) is 32.1 Å². The number of anilines is 1. The zero-order valence-electron chi connectivity index (χ0n) is 12.1. The molecule has 4 heteroatoms. The molecule has 0 atom stereocenters. The van der Waals surface area contributed by atoms with Crippen molar-refractivity contribution in [2.75, 3.05) is 25.0 Å². The van der Waals surface area contributed by atoms with Gasteiger partial charge in [-0.2, -0.15) is 0 Å². The number of carbonyl (C=O) groups is 1. The summed E-state index contributed by atoms with van der Waals surface area (Å²) in [5.74, 6) is 0.0518. The van der Waals surface area contributed by atoms with Gasteiger partial charge in [0.2, 0.25) is 5.91 Å². The van der Waals surface area contributed by atoms with Gasteiger partial charge in [-0.15, -0.1) is 0 Å². The minimum atomic E-state index is 0.0518. The molecule has 2 rings (SSSR count). The van der Waals surface area contributed by atoms with E-state index in [0.717, 1.165) is 24.3 Å². The third kappa shape index (κ3) is 4.50. The van der Waals surface area contributed by atoms with E-state index in [4.69, 9.17) is 11.6 Å². The second kappa shape index (κ2) is 7.65. The largest absolute Gasteiger partial charge is 0.325 e. The van der Waals surface area contributed by atoms with Crippen molar-refractivity contribution >= 4 is 23.2 Å². The fraction of sp³-hybridized carbons (Fsp3) is 0.562. The summed E-state index contributed by atoms with van der Waals surface area (Å²) in [4.78, 5) is 14.4. The molecule has 1 heterocycles. The molecule has 0 aromatic heterocycles. The van der Waals surface area contributed by atoms with Gasteiger partial charge in [0.15, 0.2) is 0 Å². The highest BCUT2D eigenvalue weighted by molar-refractivity contribution is 6.31. The normalized spacial score (nSPS) is 17.3. The summed E-state index contributed by atoms with van der Waals surface area (Å²) in [7, 11) is 0. The molecule has 1 fully saturated rings. The molecule has 110 valence electrons. The summed E-state index contributed by atoms with van der Waals surface area (Å²) >= 11 is 6.07. The Labute approximate surface area is 126 Å². The quantitative estimate of drug-likeness (QED) is 0.918. The van der Waals surface area contributed by atoms with Crippen molar-refractivity contribution in [2.45, 2.75) is 39.0 Å². The first-order valence-corrected chi connectivity index (χ1v) is 7.82. The van der Waals surface area contributed by atoms with Crippen molar-refractivity contribution < 1.29 is 4.79 Å². The summed E-state index contributed by atoms with van der Waals surface area (Å²) in [5.41, 5.74) is 1.74. The number of hydrogen-bond acceptors (Lipinski definition) is 2. The van der Waals surface area contributed by atoms with Gasteiger partial charge in [-0.1, -0.05) is 36.9 Å². The Hall–Kier alpha value is -1.06. The van der Waals surface area contributed by atoms with Crippen LogP contribution in [-0.2, 0) is 4.79 Å². The highest BCUT2D eigenvalue weighted by Crippen LogP contribution is 2.22. The monoisotopic (exact) mass is 294 g/mol. The molecule has 0 spiro atoms. The predicted octanol–water partition coefficient (Wildman–Crippen LogP) is 3.85. The van der Waals surface area contributed by atoms with E-state index in [9.17, 15) is 4.79 Å². The van der Waals surface area contributed by atoms with E-state index in [0.29, 0.717) is 11.6 Å². The highest BCUT2D eigenvalue weighted by atomic mass is 35.5. The maximum Gasteiger partial charge on any atom is 0.238 e. The molecule has 20 heavy (non-hydrogen) atoms. The van der Waals surface area contributed by atoms with Gasteiger partial charge in [0.25, 0.3) is 0 Å². The molecular weight excluding hydrogens is 272 g/mol. The molecule has 0 saturated carbocycles. The van der Waals surface area contributed by atoms with Crippen LogP contribution in [0, 0.1) is 6.92 Å². The van der Waals surface area contributed by atoms with Crippen molar-refractivity contribution in [2.24, 2.45) is 0 Å². The predicted molar refractivity (Wildman–Crippen MR) is 84.3 cm³/mol. The average Bonchev–Trinajstić information content (AvgIpc) is 2.38. The topological polar surface area (TPSA) is 32.3 Å². The first kappa shape index (κ1) is 15.3. The lowest BCUT2D eigenvalue weighted by atomic mass is 10.1. The van der Waals surface area contributed by atoms with Gasteiger partial charge < -0.3 is 5.32 Å². The SMILES string of the molecule is Cc1c(Cl)cccc1NC(=O)CN1CCCCCCC1. The summed E-state index contributed by atoms with van der Waals surface area (Å²) in [5, 5.41) is 3.66. The van der Waals surface area contributed by atoms with Gasteiger partial charge >= 0.3 is 0 Å². The Balaban J connectivity index is 1.89. The molecule has 1 N–H and O–H groups in total. The van der Waals surface area contributed by atoms with Gasteiger partial charge in [0.05, 0.1) is 6.54 Å². The van der Waals surface area contributed by atoms with Crippen LogP contribution in [0.3, 0.4) is 0 Å². The summed E-state index contributed by atoms with van der Waals surface area (Å²) in [6.45, 7) is 4.46. The van der Waals surface area contributed by atoms with Crippen molar-refractivity contribution in [3.8, 4) is 0 Å². The fourth-order valence-electron chi connectivity index (χ4n) is 2.61.